The first-order valence-electron chi connectivity index (χ1n) is 5.70. The third-order valence-corrected chi connectivity index (χ3v) is 3.66. The van der Waals surface area contributed by atoms with Gasteiger partial charge in [-0.05, 0) is 24.8 Å². The molecule has 0 aliphatic heterocycles. The summed E-state index contributed by atoms with van der Waals surface area (Å²) in [5.74, 6) is -0.435. The Morgan fingerprint density at radius 3 is 2.82 bits per heavy atom. The minimum absolute atomic E-state index is 0.116. The minimum Gasteiger partial charge on any atom is -0.481 e. The van der Waals surface area contributed by atoms with E-state index in [4.69, 9.17) is 5.11 Å². The smallest absolute Gasteiger partial charge is 0.307 e. The second-order valence-corrected chi connectivity index (χ2v) is 5.17. The fourth-order valence-electron chi connectivity index (χ4n) is 2.26. The Kier molecular flexibility index (Phi) is 2.77. The largest absolute Gasteiger partial charge is 0.481 e. The van der Waals surface area contributed by atoms with Crippen molar-refractivity contribution in [2.24, 2.45) is 11.3 Å². The molecule has 0 radical (unpaired) electrons. The van der Waals surface area contributed by atoms with Crippen LogP contribution in [0.3, 0.4) is 0 Å². The molecule has 0 amide bonds. The van der Waals surface area contributed by atoms with E-state index >= 15 is 0 Å². The molecule has 2 atom stereocenters. The molecule has 1 fully saturated rings. The highest BCUT2D eigenvalue weighted by Gasteiger charge is 2.52. The SMILES string of the molecule is Cc1ccnc(N[C@@H]2C[C@H](C(=O)O)C2(C)C)n1. The Labute approximate surface area is 100 Å². The molecule has 5 nitrogen and oxygen atoms in total. The topological polar surface area (TPSA) is 75.1 Å². The molecule has 2 N–H and O–H groups in total. The summed E-state index contributed by atoms with van der Waals surface area (Å²) in [6, 6.07) is 1.95. The van der Waals surface area contributed by atoms with Gasteiger partial charge in [0.05, 0.1) is 5.92 Å². The lowest BCUT2D eigenvalue weighted by molar-refractivity contribution is -0.153. The fourth-order valence-corrected chi connectivity index (χ4v) is 2.26. The maximum Gasteiger partial charge on any atom is 0.307 e. The average molecular weight is 235 g/mol. The number of rotatable bonds is 3. The normalized spacial score (nSPS) is 26.1. The predicted molar refractivity (Wildman–Crippen MR) is 63.7 cm³/mol. The van der Waals surface area contributed by atoms with Gasteiger partial charge in [0.2, 0.25) is 5.95 Å². The Bertz CT molecular complexity index is 445. The first-order chi connectivity index (χ1) is 7.91. The lowest BCUT2D eigenvalue weighted by atomic mass is 9.58. The van der Waals surface area contributed by atoms with Gasteiger partial charge in [-0.3, -0.25) is 4.79 Å². The molecule has 0 bridgehead atoms. The molecule has 1 aromatic heterocycles. The molecule has 1 aromatic rings. The number of carbonyl (C=O) groups is 1. The van der Waals surface area contributed by atoms with Crippen molar-refractivity contribution in [1.29, 1.82) is 0 Å². The van der Waals surface area contributed by atoms with Gasteiger partial charge in [-0.2, -0.15) is 0 Å². The highest BCUT2D eigenvalue weighted by atomic mass is 16.4. The lowest BCUT2D eigenvalue weighted by Gasteiger charge is -2.49. The van der Waals surface area contributed by atoms with Crippen LogP contribution in [0.2, 0.25) is 0 Å². The Balaban J connectivity index is 2.05. The standard InChI is InChI=1S/C12H17N3O2/c1-7-4-5-13-11(14-7)15-9-6-8(10(16)17)12(9,2)3/h4-5,8-9H,6H2,1-3H3,(H,16,17)(H,13,14,15)/t8-,9-/m1/s1. The van der Waals surface area contributed by atoms with E-state index < -0.39 is 5.97 Å². The Hall–Kier alpha value is -1.65. The van der Waals surface area contributed by atoms with Crippen LogP contribution in [-0.2, 0) is 4.79 Å². The van der Waals surface area contributed by atoms with Gasteiger partial charge in [-0.25, -0.2) is 9.97 Å². The van der Waals surface area contributed by atoms with E-state index in [1.165, 1.54) is 0 Å². The molecule has 2 rings (SSSR count). The molecule has 92 valence electrons. The van der Waals surface area contributed by atoms with Crippen LogP contribution < -0.4 is 5.32 Å². The summed E-state index contributed by atoms with van der Waals surface area (Å²) >= 11 is 0. The van der Waals surface area contributed by atoms with Crippen LogP contribution in [0, 0.1) is 18.3 Å². The molecular formula is C12H17N3O2. The molecule has 1 aliphatic rings. The average Bonchev–Trinajstić information content (AvgIpc) is 2.23. The van der Waals surface area contributed by atoms with Crippen LogP contribution in [-0.4, -0.2) is 27.1 Å². The van der Waals surface area contributed by atoms with Crippen molar-refractivity contribution in [3.8, 4) is 0 Å². The zero-order valence-corrected chi connectivity index (χ0v) is 10.3. The number of nitrogens with zero attached hydrogens (tertiary/aromatic N) is 2. The van der Waals surface area contributed by atoms with E-state index in [2.05, 4.69) is 15.3 Å². The summed E-state index contributed by atoms with van der Waals surface area (Å²) in [7, 11) is 0. The number of hydrogen-bond acceptors (Lipinski definition) is 4. The van der Waals surface area contributed by atoms with E-state index in [0.717, 1.165) is 5.69 Å². The molecular weight excluding hydrogens is 218 g/mol. The molecule has 5 heteroatoms. The quantitative estimate of drug-likeness (QED) is 0.834. The van der Waals surface area contributed by atoms with Gasteiger partial charge in [-0.15, -0.1) is 0 Å². The maximum absolute atomic E-state index is 11.0. The monoisotopic (exact) mass is 235 g/mol. The van der Waals surface area contributed by atoms with Crippen LogP contribution in [0.5, 0.6) is 0 Å². The summed E-state index contributed by atoms with van der Waals surface area (Å²) in [4.78, 5) is 19.4. The van der Waals surface area contributed by atoms with Gasteiger partial charge in [-0.1, -0.05) is 13.8 Å². The van der Waals surface area contributed by atoms with Crippen molar-refractivity contribution in [3.05, 3.63) is 18.0 Å². The summed E-state index contributed by atoms with van der Waals surface area (Å²) in [5, 5.41) is 12.2. The molecule has 1 saturated carbocycles. The molecule has 0 aromatic carbocycles. The van der Waals surface area contributed by atoms with Crippen molar-refractivity contribution in [1.82, 2.24) is 9.97 Å². The van der Waals surface area contributed by atoms with Gasteiger partial charge in [0.25, 0.3) is 0 Å². The number of carboxylic acid groups (broad SMARTS) is 1. The number of carboxylic acids is 1. The molecule has 0 spiro atoms. The second-order valence-electron chi connectivity index (χ2n) is 5.17. The number of aliphatic carboxylic acids is 1. The Morgan fingerprint density at radius 1 is 1.59 bits per heavy atom. The van der Waals surface area contributed by atoms with Crippen molar-refractivity contribution in [2.45, 2.75) is 33.2 Å². The molecule has 1 aliphatic carbocycles. The first-order valence-corrected chi connectivity index (χ1v) is 5.70. The van der Waals surface area contributed by atoms with Crippen molar-refractivity contribution < 1.29 is 9.90 Å². The Morgan fingerprint density at radius 2 is 2.29 bits per heavy atom. The lowest BCUT2D eigenvalue weighted by Crippen LogP contribution is -2.56. The van der Waals surface area contributed by atoms with Gasteiger partial charge in [0, 0.05) is 17.9 Å². The molecule has 0 saturated heterocycles. The van der Waals surface area contributed by atoms with Crippen molar-refractivity contribution in [3.63, 3.8) is 0 Å². The first kappa shape index (κ1) is 11.8. The summed E-state index contributed by atoms with van der Waals surface area (Å²) in [6.07, 6.45) is 2.32. The van der Waals surface area contributed by atoms with Crippen LogP contribution in [0.4, 0.5) is 5.95 Å². The van der Waals surface area contributed by atoms with Crippen LogP contribution in [0.1, 0.15) is 26.0 Å². The van der Waals surface area contributed by atoms with Crippen molar-refractivity contribution in [2.75, 3.05) is 5.32 Å². The number of aromatic nitrogens is 2. The fraction of sp³-hybridized carbons (Fsp3) is 0.583. The number of nitrogens with one attached hydrogen (secondary N) is 1. The second kappa shape index (κ2) is 3.98. The predicted octanol–water partition coefficient (Wildman–Crippen LogP) is 1.70. The van der Waals surface area contributed by atoms with Gasteiger partial charge in [0.15, 0.2) is 0 Å². The van der Waals surface area contributed by atoms with Gasteiger partial charge < -0.3 is 10.4 Å². The molecule has 0 unspecified atom stereocenters. The third kappa shape index (κ3) is 2.09. The third-order valence-electron chi connectivity index (χ3n) is 3.66. The van der Waals surface area contributed by atoms with E-state index in [0.29, 0.717) is 12.4 Å². The number of anilines is 1. The van der Waals surface area contributed by atoms with E-state index in [1.54, 1.807) is 6.20 Å². The summed E-state index contributed by atoms with van der Waals surface area (Å²) < 4.78 is 0. The van der Waals surface area contributed by atoms with E-state index in [1.807, 2.05) is 26.8 Å². The minimum atomic E-state index is -0.724. The van der Waals surface area contributed by atoms with Gasteiger partial charge in [0.1, 0.15) is 0 Å². The summed E-state index contributed by atoms with van der Waals surface area (Å²) in [6.45, 7) is 5.82. The van der Waals surface area contributed by atoms with Crippen LogP contribution in [0.25, 0.3) is 0 Å². The highest BCUT2D eigenvalue weighted by molar-refractivity contribution is 5.73. The van der Waals surface area contributed by atoms with Gasteiger partial charge >= 0.3 is 5.97 Å². The zero-order chi connectivity index (χ0) is 12.6. The van der Waals surface area contributed by atoms with E-state index in [9.17, 15) is 4.79 Å². The van der Waals surface area contributed by atoms with E-state index in [-0.39, 0.29) is 17.4 Å². The highest BCUT2D eigenvalue weighted by Crippen LogP contribution is 2.47. The maximum atomic E-state index is 11.0. The number of hydrogen-bond donors (Lipinski definition) is 2. The summed E-state index contributed by atoms with van der Waals surface area (Å²) in [5.41, 5.74) is 0.633. The number of aryl methyl sites for hydroxylation is 1. The molecule has 17 heavy (non-hydrogen) atoms. The molecule has 1 heterocycles. The van der Waals surface area contributed by atoms with Crippen LogP contribution >= 0.6 is 0 Å². The van der Waals surface area contributed by atoms with Crippen LogP contribution in [0.15, 0.2) is 12.3 Å². The zero-order valence-electron chi connectivity index (χ0n) is 10.3. The van der Waals surface area contributed by atoms with Crippen molar-refractivity contribution >= 4 is 11.9 Å².